The van der Waals surface area contributed by atoms with Crippen molar-refractivity contribution in [3.8, 4) is 0 Å². The van der Waals surface area contributed by atoms with E-state index in [-0.39, 0.29) is 0 Å². The molecule has 1 aromatic heterocycles. The minimum absolute atomic E-state index is 0.755. The maximum Gasteiger partial charge on any atom is 0.0434 e. The fourth-order valence-corrected chi connectivity index (χ4v) is 1.94. The topological polar surface area (TPSA) is 12.9 Å². The summed E-state index contributed by atoms with van der Waals surface area (Å²) in [7, 11) is 0. The number of aryl methyl sites for hydroxylation is 1. The van der Waals surface area contributed by atoms with Crippen molar-refractivity contribution in [1.29, 1.82) is 0 Å². The van der Waals surface area contributed by atoms with Gasteiger partial charge in [-0.1, -0.05) is 18.9 Å². The van der Waals surface area contributed by atoms with Crippen LogP contribution in [0.1, 0.15) is 42.9 Å². The number of hydrogen-bond donors (Lipinski definition) is 0. The molecule has 0 aromatic carbocycles. The van der Waals surface area contributed by atoms with Crippen LogP contribution in [0.3, 0.4) is 0 Å². The van der Waals surface area contributed by atoms with Crippen LogP contribution in [0.25, 0.3) is 0 Å². The molecule has 0 spiro atoms. The standard InChI is InChI=1S/C11H15N/c1-9-6-7-11(12-8-9)10-4-2-3-5-10/h6-8,10H,2-5H2,1H3. The Morgan fingerprint density at radius 2 is 2.00 bits per heavy atom. The summed E-state index contributed by atoms with van der Waals surface area (Å²) in [5.74, 6) is 0.755. The minimum Gasteiger partial charge on any atom is -0.261 e. The lowest BCUT2D eigenvalue weighted by Crippen LogP contribution is -1.95. The van der Waals surface area contributed by atoms with Gasteiger partial charge >= 0.3 is 0 Å². The minimum atomic E-state index is 0.755. The highest BCUT2D eigenvalue weighted by molar-refractivity contribution is 5.16. The second-order valence-electron chi connectivity index (χ2n) is 3.74. The van der Waals surface area contributed by atoms with Gasteiger partial charge in [0.25, 0.3) is 0 Å². The van der Waals surface area contributed by atoms with E-state index in [0.717, 1.165) is 5.92 Å². The molecule has 0 aliphatic heterocycles. The Bertz CT molecular complexity index is 244. The normalized spacial score (nSPS) is 18.4. The first-order valence-corrected chi connectivity index (χ1v) is 4.79. The molecule has 0 bridgehead atoms. The molecule has 1 aliphatic rings. The van der Waals surface area contributed by atoms with Crippen LogP contribution >= 0.6 is 0 Å². The van der Waals surface area contributed by atoms with Gasteiger partial charge in [-0.05, 0) is 31.4 Å². The first-order chi connectivity index (χ1) is 5.86. The zero-order valence-electron chi connectivity index (χ0n) is 7.59. The molecule has 0 saturated heterocycles. The lowest BCUT2D eigenvalue weighted by atomic mass is 10.0. The molecule has 0 radical (unpaired) electrons. The summed E-state index contributed by atoms with van der Waals surface area (Å²) in [5.41, 5.74) is 2.56. The van der Waals surface area contributed by atoms with Crippen LogP contribution in [-0.2, 0) is 0 Å². The fourth-order valence-electron chi connectivity index (χ4n) is 1.94. The van der Waals surface area contributed by atoms with Crippen LogP contribution in [0.4, 0.5) is 0 Å². The summed E-state index contributed by atoms with van der Waals surface area (Å²) in [6, 6.07) is 4.35. The Balaban J connectivity index is 2.17. The highest BCUT2D eigenvalue weighted by atomic mass is 14.7. The van der Waals surface area contributed by atoms with Gasteiger partial charge in [0, 0.05) is 17.8 Å². The van der Waals surface area contributed by atoms with Gasteiger partial charge in [-0.15, -0.1) is 0 Å². The van der Waals surface area contributed by atoms with E-state index in [9.17, 15) is 0 Å². The van der Waals surface area contributed by atoms with Crippen LogP contribution in [0.2, 0.25) is 0 Å². The van der Waals surface area contributed by atoms with Gasteiger partial charge in [0.2, 0.25) is 0 Å². The SMILES string of the molecule is Cc1ccc(C2CCCC2)nc1. The second kappa shape index (κ2) is 3.26. The van der Waals surface area contributed by atoms with E-state index in [4.69, 9.17) is 0 Å². The van der Waals surface area contributed by atoms with E-state index in [1.165, 1.54) is 36.9 Å². The monoisotopic (exact) mass is 161 g/mol. The summed E-state index contributed by atoms with van der Waals surface area (Å²) in [6.07, 6.45) is 7.44. The zero-order valence-corrected chi connectivity index (χ0v) is 7.59. The molecule has 0 unspecified atom stereocenters. The van der Waals surface area contributed by atoms with Crippen molar-refractivity contribution in [3.63, 3.8) is 0 Å². The number of aromatic nitrogens is 1. The number of rotatable bonds is 1. The Hall–Kier alpha value is -0.850. The number of hydrogen-bond acceptors (Lipinski definition) is 1. The molecule has 1 saturated carbocycles. The van der Waals surface area contributed by atoms with Crippen LogP contribution in [0, 0.1) is 6.92 Å². The van der Waals surface area contributed by atoms with Crippen molar-refractivity contribution in [2.75, 3.05) is 0 Å². The largest absolute Gasteiger partial charge is 0.261 e. The zero-order chi connectivity index (χ0) is 8.39. The molecule has 0 amide bonds. The highest BCUT2D eigenvalue weighted by Crippen LogP contribution is 2.32. The third-order valence-corrected chi connectivity index (χ3v) is 2.71. The Labute approximate surface area is 73.8 Å². The number of pyridine rings is 1. The average molecular weight is 161 g/mol. The van der Waals surface area contributed by atoms with Crippen molar-refractivity contribution < 1.29 is 0 Å². The molecule has 12 heavy (non-hydrogen) atoms. The van der Waals surface area contributed by atoms with Crippen LogP contribution in [0.15, 0.2) is 18.3 Å². The van der Waals surface area contributed by atoms with Crippen molar-refractivity contribution in [2.45, 2.75) is 38.5 Å². The molecule has 0 atom stereocenters. The smallest absolute Gasteiger partial charge is 0.0434 e. The van der Waals surface area contributed by atoms with Gasteiger partial charge in [-0.3, -0.25) is 4.98 Å². The van der Waals surface area contributed by atoms with E-state index < -0.39 is 0 Å². The molecular weight excluding hydrogens is 146 g/mol. The Morgan fingerprint density at radius 1 is 1.25 bits per heavy atom. The predicted molar refractivity (Wildman–Crippen MR) is 50.2 cm³/mol. The van der Waals surface area contributed by atoms with Crippen LogP contribution in [0.5, 0.6) is 0 Å². The van der Waals surface area contributed by atoms with Crippen molar-refractivity contribution in [3.05, 3.63) is 29.6 Å². The van der Waals surface area contributed by atoms with E-state index in [1.807, 2.05) is 6.20 Å². The summed E-state index contributed by atoms with van der Waals surface area (Å²) in [5, 5.41) is 0. The molecule has 64 valence electrons. The lowest BCUT2D eigenvalue weighted by Gasteiger charge is -2.07. The maximum absolute atomic E-state index is 4.46. The quantitative estimate of drug-likeness (QED) is 0.617. The first kappa shape index (κ1) is 7.78. The third kappa shape index (κ3) is 1.50. The van der Waals surface area contributed by atoms with E-state index in [1.54, 1.807) is 0 Å². The third-order valence-electron chi connectivity index (χ3n) is 2.71. The van der Waals surface area contributed by atoms with Crippen LogP contribution in [-0.4, -0.2) is 4.98 Å². The Morgan fingerprint density at radius 3 is 2.58 bits per heavy atom. The summed E-state index contributed by atoms with van der Waals surface area (Å²) >= 11 is 0. The van der Waals surface area contributed by atoms with Crippen molar-refractivity contribution in [1.82, 2.24) is 4.98 Å². The van der Waals surface area contributed by atoms with Gasteiger partial charge < -0.3 is 0 Å². The van der Waals surface area contributed by atoms with Gasteiger partial charge in [-0.25, -0.2) is 0 Å². The Kier molecular flexibility index (Phi) is 2.11. The van der Waals surface area contributed by atoms with Crippen molar-refractivity contribution >= 4 is 0 Å². The number of nitrogens with zero attached hydrogens (tertiary/aromatic N) is 1. The maximum atomic E-state index is 4.46. The molecule has 1 aromatic rings. The summed E-state index contributed by atoms with van der Waals surface area (Å²) < 4.78 is 0. The van der Waals surface area contributed by atoms with Gasteiger partial charge in [0.05, 0.1) is 0 Å². The molecule has 2 rings (SSSR count). The molecule has 1 heterocycles. The molecule has 1 fully saturated rings. The second-order valence-corrected chi connectivity index (χ2v) is 3.74. The molecule has 0 N–H and O–H groups in total. The highest BCUT2D eigenvalue weighted by Gasteiger charge is 2.17. The van der Waals surface area contributed by atoms with E-state index in [2.05, 4.69) is 24.0 Å². The lowest BCUT2D eigenvalue weighted by molar-refractivity contribution is 0.697. The fraction of sp³-hybridized carbons (Fsp3) is 0.545. The predicted octanol–water partition coefficient (Wildman–Crippen LogP) is 3.05. The van der Waals surface area contributed by atoms with E-state index >= 15 is 0 Å². The first-order valence-electron chi connectivity index (χ1n) is 4.79. The average Bonchev–Trinajstić information content (AvgIpc) is 2.58. The molecule has 1 aliphatic carbocycles. The van der Waals surface area contributed by atoms with Gasteiger partial charge in [0.1, 0.15) is 0 Å². The van der Waals surface area contributed by atoms with Crippen molar-refractivity contribution in [2.24, 2.45) is 0 Å². The summed E-state index contributed by atoms with van der Waals surface area (Å²) in [4.78, 5) is 4.46. The van der Waals surface area contributed by atoms with Gasteiger partial charge in [0.15, 0.2) is 0 Å². The molecular formula is C11H15N. The van der Waals surface area contributed by atoms with Crippen LogP contribution < -0.4 is 0 Å². The molecule has 1 heteroatoms. The van der Waals surface area contributed by atoms with Gasteiger partial charge in [-0.2, -0.15) is 0 Å². The van der Waals surface area contributed by atoms with E-state index in [0.29, 0.717) is 0 Å². The summed E-state index contributed by atoms with van der Waals surface area (Å²) in [6.45, 7) is 2.09. The molecule has 1 nitrogen and oxygen atoms in total.